The maximum atomic E-state index is 14.9. The van der Waals surface area contributed by atoms with Gasteiger partial charge in [0.25, 0.3) is 0 Å². The second-order valence-electron chi connectivity index (χ2n) is 11.0. The minimum atomic E-state index is -1.48. The number of benzene rings is 3. The van der Waals surface area contributed by atoms with E-state index >= 15 is 0 Å². The van der Waals surface area contributed by atoms with Gasteiger partial charge in [-0.3, -0.25) is 14.4 Å². The highest BCUT2D eigenvalue weighted by molar-refractivity contribution is 6.11. The first-order chi connectivity index (χ1) is 19.9. The summed E-state index contributed by atoms with van der Waals surface area (Å²) in [7, 11) is 3.19. The van der Waals surface area contributed by atoms with Gasteiger partial charge in [0.05, 0.1) is 5.69 Å². The van der Waals surface area contributed by atoms with E-state index in [2.05, 4.69) is 16.0 Å². The lowest BCUT2D eigenvalue weighted by Crippen LogP contribution is -2.40. The molecule has 8 nitrogen and oxygen atoms in total. The molecular formula is C32H37Cl2F2N3O5. The Balaban J connectivity index is 0.00000337. The average Bonchev–Trinajstić information content (AvgIpc) is 3.25. The van der Waals surface area contributed by atoms with Crippen molar-refractivity contribution in [2.45, 2.75) is 44.2 Å². The van der Waals surface area contributed by atoms with Gasteiger partial charge in [-0.05, 0) is 67.1 Å². The SMILES string of the molecule is CN[C@H](C(=O)O)C(C)Cc1ccc(C2(c3ccc(CC(C)[C@H](NC)C(=O)O)cc3)C(=O)Nc3c2ccc(F)c3F)cc1.Cl.Cl. The molecular weight excluding hydrogens is 615 g/mol. The summed E-state index contributed by atoms with van der Waals surface area (Å²) in [6, 6.07) is 15.2. The van der Waals surface area contributed by atoms with Crippen molar-refractivity contribution < 1.29 is 33.4 Å². The molecule has 0 radical (unpaired) electrons. The molecule has 1 amide bonds. The van der Waals surface area contributed by atoms with Gasteiger partial charge in [0.1, 0.15) is 17.5 Å². The number of carboxylic acid groups (broad SMARTS) is 2. The van der Waals surface area contributed by atoms with Crippen molar-refractivity contribution in [2.24, 2.45) is 11.8 Å². The number of carbonyl (C=O) groups is 3. The molecule has 12 heteroatoms. The third kappa shape index (κ3) is 6.73. The van der Waals surface area contributed by atoms with Gasteiger partial charge in [-0.1, -0.05) is 68.4 Å². The van der Waals surface area contributed by atoms with Gasteiger partial charge in [-0.25, -0.2) is 8.78 Å². The number of hydrogen-bond acceptors (Lipinski definition) is 5. The van der Waals surface area contributed by atoms with Gasteiger partial charge >= 0.3 is 11.9 Å². The van der Waals surface area contributed by atoms with E-state index in [1.807, 2.05) is 38.1 Å². The fourth-order valence-electron chi connectivity index (χ4n) is 6.12. The normalized spacial score (nSPS) is 18.1. The summed E-state index contributed by atoms with van der Waals surface area (Å²) in [5.74, 6) is -5.10. The lowest BCUT2D eigenvalue weighted by Gasteiger charge is -2.30. The molecule has 1 aliphatic heterocycles. The first kappa shape index (κ1) is 36.6. The summed E-state index contributed by atoms with van der Waals surface area (Å²) in [5, 5.41) is 27.1. The summed E-state index contributed by atoms with van der Waals surface area (Å²) in [6.07, 6.45) is 0.926. The van der Waals surface area contributed by atoms with E-state index in [-0.39, 0.29) is 47.9 Å². The molecule has 3 aromatic rings. The predicted octanol–water partition coefficient (Wildman–Crippen LogP) is 4.80. The zero-order valence-electron chi connectivity index (χ0n) is 24.7. The molecule has 44 heavy (non-hydrogen) atoms. The second kappa shape index (κ2) is 14.9. The van der Waals surface area contributed by atoms with Crippen molar-refractivity contribution in [3.05, 3.63) is 100 Å². The van der Waals surface area contributed by atoms with Crippen LogP contribution in [0, 0.1) is 23.5 Å². The number of aliphatic carboxylic acids is 2. The third-order valence-corrected chi connectivity index (χ3v) is 8.26. The summed E-state index contributed by atoms with van der Waals surface area (Å²) < 4.78 is 29.1. The van der Waals surface area contributed by atoms with Crippen LogP contribution >= 0.6 is 24.8 Å². The highest BCUT2D eigenvalue weighted by Gasteiger charge is 2.51. The Morgan fingerprint density at radius 3 is 1.55 bits per heavy atom. The van der Waals surface area contributed by atoms with Crippen molar-refractivity contribution in [1.82, 2.24) is 10.6 Å². The zero-order valence-corrected chi connectivity index (χ0v) is 26.3. The maximum Gasteiger partial charge on any atom is 0.320 e. The molecule has 0 saturated carbocycles. The maximum absolute atomic E-state index is 14.9. The number of anilines is 1. The van der Waals surface area contributed by atoms with Crippen LogP contribution in [0.1, 0.15) is 41.7 Å². The molecule has 0 spiro atoms. The van der Waals surface area contributed by atoms with Crippen molar-refractivity contribution >= 4 is 48.3 Å². The Bertz CT molecular complexity index is 1410. The number of halogens is 4. The van der Waals surface area contributed by atoms with E-state index in [9.17, 15) is 33.4 Å². The molecule has 1 aliphatic rings. The highest BCUT2D eigenvalue weighted by Crippen LogP contribution is 2.49. The van der Waals surface area contributed by atoms with E-state index in [4.69, 9.17) is 0 Å². The van der Waals surface area contributed by atoms with Gasteiger partial charge in [0, 0.05) is 5.56 Å². The van der Waals surface area contributed by atoms with Gasteiger partial charge in [0.2, 0.25) is 5.91 Å². The molecule has 4 rings (SSSR count). The molecule has 2 unspecified atom stereocenters. The van der Waals surface area contributed by atoms with Crippen molar-refractivity contribution in [1.29, 1.82) is 0 Å². The van der Waals surface area contributed by atoms with Crippen molar-refractivity contribution in [3.8, 4) is 0 Å². The topological polar surface area (TPSA) is 128 Å². The second-order valence-corrected chi connectivity index (χ2v) is 11.0. The number of likely N-dealkylation sites (N-methyl/N-ethyl adjacent to an activating group) is 2. The van der Waals surface area contributed by atoms with Crippen LogP contribution in [0.3, 0.4) is 0 Å². The van der Waals surface area contributed by atoms with E-state index in [0.29, 0.717) is 24.0 Å². The summed E-state index contributed by atoms with van der Waals surface area (Å²) in [5.41, 5.74) is 1.35. The van der Waals surface area contributed by atoms with Gasteiger partial charge < -0.3 is 26.2 Å². The smallest absolute Gasteiger partial charge is 0.320 e. The third-order valence-electron chi connectivity index (χ3n) is 8.26. The minimum Gasteiger partial charge on any atom is -0.480 e. The summed E-state index contributed by atoms with van der Waals surface area (Å²) in [6.45, 7) is 3.67. The van der Waals surface area contributed by atoms with Gasteiger partial charge in [-0.2, -0.15) is 0 Å². The van der Waals surface area contributed by atoms with Crippen molar-refractivity contribution in [3.63, 3.8) is 0 Å². The molecule has 0 fully saturated rings. The number of hydrogen-bond donors (Lipinski definition) is 5. The number of rotatable bonds is 12. The minimum absolute atomic E-state index is 0. The number of nitrogens with one attached hydrogen (secondary N) is 3. The number of carboxylic acids is 2. The predicted molar refractivity (Wildman–Crippen MR) is 169 cm³/mol. The molecule has 0 aromatic heterocycles. The van der Waals surface area contributed by atoms with Gasteiger partial charge in [0.15, 0.2) is 11.6 Å². The largest absolute Gasteiger partial charge is 0.480 e. The standard InChI is InChI=1S/C32H35F2N3O5.2ClH/c1-17(26(35-3)29(38)39)15-19-5-9-21(10-6-19)32(23-13-14-24(33)25(34)28(23)37-31(32)42)22-11-7-20(8-12-22)16-18(2)27(36-4)30(40)41;;/h5-14,17-18,26-27,35-36H,15-16H2,1-4H3,(H,37,42)(H,38,39)(H,40,41);2*1H/t17?,18?,26-,27-,32?;;/m0../s1. The quantitative estimate of drug-likeness (QED) is 0.190. The average molecular weight is 653 g/mol. The Hall–Kier alpha value is -3.57. The first-order valence-electron chi connectivity index (χ1n) is 13.7. The highest BCUT2D eigenvalue weighted by atomic mass is 35.5. The lowest BCUT2D eigenvalue weighted by atomic mass is 9.69. The molecule has 0 bridgehead atoms. The number of carbonyl (C=O) groups excluding carboxylic acids is 1. The van der Waals surface area contributed by atoms with Crippen LogP contribution in [0.5, 0.6) is 0 Å². The van der Waals surface area contributed by atoms with Crippen LogP contribution in [-0.2, 0) is 32.6 Å². The molecule has 0 saturated heterocycles. The Morgan fingerprint density at radius 2 is 1.18 bits per heavy atom. The Labute approximate surface area is 267 Å². The fraction of sp³-hybridized carbons (Fsp3) is 0.344. The summed E-state index contributed by atoms with van der Waals surface area (Å²) in [4.78, 5) is 36.9. The van der Waals surface area contributed by atoms with E-state index in [1.54, 1.807) is 38.4 Å². The van der Waals surface area contributed by atoms with Crippen LogP contribution < -0.4 is 16.0 Å². The Morgan fingerprint density at radius 1 is 0.773 bits per heavy atom. The van der Waals surface area contributed by atoms with Crippen LogP contribution in [0.25, 0.3) is 0 Å². The molecule has 0 aliphatic carbocycles. The van der Waals surface area contributed by atoms with E-state index in [0.717, 1.165) is 17.2 Å². The van der Waals surface area contributed by atoms with Gasteiger partial charge in [-0.15, -0.1) is 24.8 Å². The van der Waals surface area contributed by atoms with E-state index < -0.39 is 47.0 Å². The number of fused-ring (bicyclic) bond motifs is 1. The Kier molecular flexibility index (Phi) is 12.4. The fourth-order valence-corrected chi connectivity index (χ4v) is 6.12. The van der Waals surface area contributed by atoms with Crippen LogP contribution in [0.2, 0.25) is 0 Å². The lowest BCUT2D eigenvalue weighted by molar-refractivity contribution is -0.141. The summed E-state index contributed by atoms with van der Waals surface area (Å²) >= 11 is 0. The monoisotopic (exact) mass is 651 g/mol. The molecule has 238 valence electrons. The van der Waals surface area contributed by atoms with Crippen LogP contribution in [0.15, 0.2) is 60.7 Å². The van der Waals surface area contributed by atoms with Crippen LogP contribution in [-0.4, -0.2) is 54.2 Å². The molecule has 4 atom stereocenters. The molecule has 5 N–H and O–H groups in total. The number of amides is 1. The zero-order chi connectivity index (χ0) is 30.8. The van der Waals surface area contributed by atoms with Crippen LogP contribution in [0.4, 0.5) is 14.5 Å². The molecule has 1 heterocycles. The van der Waals surface area contributed by atoms with E-state index in [1.165, 1.54) is 6.07 Å². The van der Waals surface area contributed by atoms with Crippen molar-refractivity contribution in [2.75, 3.05) is 19.4 Å². The molecule has 3 aromatic carbocycles. The first-order valence-corrected chi connectivity index (χ1v) is 13.7.